The molecule has 0 aliphatic heterocycles. The van der Waals surface area contributed by atoms with E-state index in [0.29, 0.717) is 17.0 Å². The first kappa shape index (κ1) is 16.3. The summed E-state index contributed by atoms with van der Waals surface area (Å²) in [6, 6.07) is 6.72. The summed E-state index contributed by atoms with van der Waals surface area (Å²) in [5, 5.41) is 10.9. The van der Waals surface area contributed by atoms with Crippen molar-refractivity contribution in [3.63, 3.8) is 0 Å². The minimum Gasteiger partial charge on any atom is -0.495 e. The Morgan fingerprint density at radius 1 is 1.31 bits per heavy atom. The summed E-state index contributed by atoms with van der Waals surface area (Å²) in [6.45, 7) is 0. The number of benzene rings is 1. The molecule has 1 amide bonds. The number of rotatable bonds is 5. The van der Waals surface area contributed by atoms with Crippen molar-refractivity contribution >= 4 is 29.0 Å². The SMILES string of the molecule is COc1c(C(=O)NC2CC2)ccc2[nH]nc(/C=C/c3ccc(F)nc3)c12. The summed E-state index contributed by atoms with van der Waals surface area (Å²) in [5.74, 6) is -0.197. The molecule has 132 valence electrons. The van der Waals surface area contributed by atoms with Crippen molar-refractivity contribution in [2.45, 2.75) is 18.9 Å². The van der Waals surface area contributed by atoms with Gasteiger partial charge in [-0.05, 0) is 48.7 Å². The van der Waals surface area contributed by atoms with E-state index < -0.39 is 5.95 Å². The van der Waals surface area contributed by atoms with E-state index in [0.717, 1.165) is 29.3 Å². The molecule has 0 saturated heterocycles. The largest absolute Gasteiger partial charge is 0.495 e. The second-order valence-corrected chi connectivity index (χ2v) is 6.17. The molecule has 1 aliphatic carbocycles. The van der Waals surface area contributed by atoms with Crippen LogP contribution in [0.1, 0.15) is 34.5 Å². The zero-order chi connectivity index (χ0) is 18.1. The van der Waals surface area contributed by atoms with Gasteiger partial charge in [0.05, 0.1) is 29.3 Å². The first-order valence-electron chi connectivity index (χ1n) is 8.31. The van der Waals surface area contributed by atoms with Crippen LogP contribution >= 0.6 is 0 Å². The van der Waals surface area contributed by atoms with Gasteiger partial charge in [-0.25, -0.2) is 4.98 Å². The molecule has 2 N–H and O–H groups in total. The average molecular weight is 352 g/mol. The minimum atomic E-state index is -0.527. The molecule has 3 aromatic rings. The Kier molecular flexibility index (Phi) is 4.12. The fourth-order valence-corrected chi connectivity index (χ4v) is 2.77. The summed E-state index contributed by atoms with van der Waals surface area (Å²) in [6.07, 6.45) is 7.02. The van der Waals surface area contributed by atoms with Crippen LogP contribution in [0.15, 0.2) is 30.5 Å². The van der Waals surface area contributed by atoms with Crippen LogP contribution in [0.25, 0.3) is 23.1 Å². The summed E-state index contributed by atoms with van der Waals surface area (Å²) >= 11 is 0. The first-order chi connectivity index (χ1) is 12.7. The van der Waals surface area contributed by atoms with Gasteiger partial charge < -0.3 is 10.1 Å². The molecule has 0 atom stereocenters. The standard InChI is InChI=1S/C19H17FN4O2/c1-26-18-13(19(25)22-12-4-5-12)6-8-15-17(18)14(23-24-15)7-2-11-3-9-16(20)21-10-11/h2-3,6-10,12H,4-5H2,1H3,(H,22,25)(H,23,24)/b7-2+. The maximum Gasteiger partial charge on any atom is 0.255 e. The number of ether oxygens (including phenoxy) is 1. The number of aromatic nitrogens is 3. The highest BCUT2D eigenvalue weighted by molar-refractivity contribution is 6.05. The summed E-state index contributed by atoms with van der Waals surface area (Å²) in [5.41, 5.74) is 2.61. The Balaban J connectivity index is 1.72. The Hall–Kier alpha value is -3.22. The molecule has 1 aromatic carbocycles. The zero-order valence-corrected chi connectivity index (χ0v) is 14.1. The fourth-order valence-electron chi connectivity index (χ4n) is 2.77. The van der Waals surface area contributed by atoms with Gasteiger partial charge in [-0.15, -0.1) is 0 Å². The predicted molar refractivity (Wildman–Crippen MR) is 96.3 cm³/mol. The van der Waals surface area contributed by atoms with Crippen LogP contribution in [0.4, 0.5) is 4.39 Å². The van der Waals surface area contributed by atoms with Gasteiger partial charge in [0, 0.05) is 12.2 Å². The number of pyridine rings is 1. The van der Waals surface area contributed by atoms with Crippen LogP contribution < -0.4 is 10.1 Å². The maximum absolute atomic E-state index is 12.9. The van der Waals surface area contributed by atoms with Gasteiger partial charge in [0.2, 0.25) is 5.95 Å². The molecule has 0 unspecified atom stereocenters. The van der Waals surface area contributed by atoms with Gasteiger partial charge >= 0.3 is 0 Å². The minimum absolute atomic E-state index is 0.148. The molecule has 2 aromatic heterocycles. The van der Waals surface area contributed by atoms with E-state index in [2.05, 4.69) is 20.5 Å². The van der Waals surface area contributed by atoms with E-state index >= 15 is 0 Å². The maximum atomic E-state index is 12.9. The number of hydrogen-bond acceptors (Lipinski definition) is 4. The van der Waals surface area contributed by atoms with Crippen molar-refractivity contribution in [2.75, 3.05) is 7.11 Å². The molecule has 6 nitrogen and oxygen atoms in total. The number of halogens is 1. The monoisotopic (exact) mass is 352 g/mol. The number of methoxy groups -OCH3 is 1. The van der Waals surface area contributed by atoms with Crippen molar-refractivity contribution < 1.29 is 13.9 Å². The van der Waals surface area contributed by atoms with E-state index in [1.165, 1.54) is 19.4 Å². The molecule has 1 aliphatic rings. The molecule has 7 heteroatoms. The molecule has 0 spiro atoms. The lowest BCUT2D eigenvalue weighted by molar-refractivity contribution is 0.0948. The quantitative estimate of drug-likeness (QED) is 0.691. The highest BCUT2D eigenvalue weighted by Gasteiger charge is 2.26. The number of nitrogens with zero attached hydrogens (tertiary/aromatic N) is 2. The Morgan fingerprint density at radius 2 is 2.15 bits per heavy atom. The second kappa shape index (κ2) is 6.59. The number of carbonyl (C=O) groups is 1. The lowest BCUT2D eigenvalue weighted by atomic mass is 10.1. The number of fused-ring (bicyclic) bond motifs is 1. The first-order valence-corrected chi connectivity index (χ1v) is 8.31. The fraction of sp³-hybridized carbons (Fsp3) is 0.211. The van der Waals surface area contributed by atoms with Crippen LogP contribution in [-0.4, -0.2) is 34.2 Å². The van der Waals surface area contributed by atoms with E-state index in [1.54, 1.807) is 24.3 Å². The number of hydrogen-bond donors (Lipinski definition) is 2. The molecular weight excluding hydrogens is 335 g/mol. The Bertz CT molecular complexity index is 991. The van der Waals surface area contributed by atoms with E-state index in [9.17, 15) is 9.18 Å². The highest BCUT2D eigenvalue weighted by Crippen LogP contribution is 2.33. The molecule has 0 bridgehead atoms. The number of H-pyrrole nitrogens is 1. The van der Waals surface area contributed by atoms with Gasteiger partial charge in [0.15, 0.2) is 0 Å². The average Bonchev–Trinajstić information content (AvgIpc) is 3.37. The zero-order valence-electron chi connectivity index (χ0n) is 14.1. The molecule has 0 radical (unpaired) electrons. The number of amides is 1. The van der Waals surface area contributed by atoms with Gasteiger partial charge in [-0.2, -0.15) is 9.49 Å². The predicted octanol–water partition coefficient (Wildman–Crippen LogP) is 3.17. The van der Waals surface area contributed by atoms with E-state index in [-0.39, 0.29) is 11.9 Å². The van der Waals surface area contributed by atoms with Gasteiger partial charge in [0.1, 0.15) is 5.75 Å². The molecule has 2 heterocycles. The normalized spacial score (nSPS) is 14.1. The third kappa shape index (κ3) is 3.15. The van der Waals surface area contributed by atoms with Crippen LogP contribution in [0.3, 0.4) is 0 Å². The van der Waals surface area contributed by atoms with E-state index in [1.807, 2.05) is 6.07 Å². The Labute approximate surface area is 149 Å². The summed E-state index contributed by atoms with van der Waals surface area (Å²) in [4.78, 5) is 16.1. The number of aromatic amines is 1. The highest BCUT2D eigenvalue weighted by atomic mass is 19.1. The van der Waals surface area contributed by atoms with Crippen molar-refractivity contribution in [3.05, 3.63) is 53.2 Å². The number of carbonyl (C=O) groups excluding carboxylic acids is 1. The van der Waals surface area contributed by atoms with Gasteiger partial charge in [-0.1, -0.05) is 6.08 Å². The lowest BCUT2D eigenvalue weighted by Gasteiger charge is -2.10. The summed E-state index contributed by atoms with van der Waals surface area (Å²) in [7, 11) is 1.53. The molecule has 1 saturated carbocycles. The van der Waals surface area contributed by atoms with Crippen LogP contribution in [0.2, 0.25) is 0 Å². The van der Waals surface area contributed by atoms with Crippen LogP contribution in [0.5, 0.6) is 5.75 Å². The van der Waals surface area contributed by atoms with Crippen molar-refractivity contribution in [2.24, 2.45) is 0 Å². The molecule has 4 rings (SSSR count). The third-order valence-corrected chi connectivity index (χ3v) is 4.26. The number of nitrogens with one attached hydrogen (secondary N) is 2. The second-order valence-electron chi connectivity index (χ2n) is 6.17. The topological polar surface area (TPSA) is 79.9 Å². The van der Waals surface area contributed by atoms with Crippen molar-refractivity contribution in [1.82, 2.24) is 20.5 Å². The Morgan fingerprint density at radius 3 is 2.85 bits per heavy atom. The van der Waals surface area contributed by atoms with Gasteiger partial charge in [-0.3, -0.25) is 9.89 Å². The molecule has 1 fully saturated rings. The van der Waals surface area contributed by atoms with Crippen LogP contribution in [-0.2, 0) is 0 Å². The van der Waals surface area contributed by atoms with Crippen LogP contribution in [0, 0.1) is 5.95 Å². The molecular formula is C19H17FN4O2. The van der Waals surface area contributed by atoms with Crippen molar-refractivity contribution in [3.8, 4) is 5.75 Å². The summed E-state index contributed by atoms with van der Waals surface area (Å²) < 4.78 is 18.4. The lowest BCUT2D eigenvalue weighted by Crippen LogP contribution is -2.25. The van der Waals surface area contributed by atoms with Gasteiger partial charge in [0.25, 0.3) is 5.91 Å². The third-order valence-electron chi connectivity index (χ3n) is 4.26. The smallest absolute Gasteiger partial charge is 0.255 e. The van der Waals surface area contributed by atoms with Crippen molar-refractivity contribution in [1.29, 1.82) is 0 Å². The molecule has 26 heavy (non-hydrogen) atoms. The van der Waals surface area contributed by atoms with E-state index in [4.69, 9.17) is 4.74 Å².